The monoisotopic (exact) mass is 1120 g/mol. The molecule has 0 aromatic heterocycles. The average molecular weight is 1120 g/mol. The van der Waals surface area contributed by atoms with Gasteiger partial charge in [0.2, 0.25) is 0 Å². The molecule has 0 aliphatic heterocycles. The molecule has 14 heteroatoms. The summed E-state index contributed by atoms with van der Waals surface area (Å²) in [5, 5.41) is 20.9. The molecular formula is C66H121N7O7. The molecule has 2 aromatic rings. The molecule has 1 aliphatic carbocycles. The molecule has 6 atom stereocenters. The lowest BCUT2D eigenvalue weighted by molar-refractivity contribution is -0.122. The molecule has 0 radical (unpaired) electrons. The minimum Gasteiger partial charge on any atom is -0.311 e. The van der Waals surface area contributed by atoms with Crippen LogP contribution in [0.2, 0.25) is 0 Å². The van der Waals surface area contributed by atoms with E-state index in [9.17, 15) is 33.6 Å². The van der Waals surface area contributed by atoms with Gasteiger partial charge in [0.05, 0.1) is 41.8 Å². The van der Waals surface area contributed by atoms with Crippen LogP contribution in [0.3, 0.4) is 0 Å². The van der Waals surface area contributed by atoms with Crippen molar-refractivity contribution in [2.24, 2.45) is 17.3 Å². The molecule has 0 unspecified atom stereocenters. The smallest absolute Gasteiger partial charge is 0.149 e. The maximum absolute atomic E-state index is 11.4. The number of nitrogens with one attached hydrogen (secondary N) is 7. The second-order valence-electron chi connectivity index (χ2n) is 23.3. The van der Waals surface area contributed by atoms with E-state index in [4.69, 9.17) is 0 Å². The molecule has 0 spiro atoms. The van der Waals surface area contributed by atoms with E-state index in [0.29, 0.717) is 5.92 Å². The number of unbranched alkanes of at least 4 members (excludes halogenated alkanes) is 1. The van der Waals surface area contributed by atoms with Crippen molar-refractivity contribution in [2.75, 3.05) is 49.3 Å². The lowest BCUT2D eigenvalue weighted by atomic mass is 9.85. The van der Waals surface area contributed by atoms with Crippen molar-refractivity contribution in [3.05, 3.63) is 60.2 Å². The first-order chi connectivity index (χ1) is 37.3. The third-order valence-corrected chi connectivity index (χ3v) is 14.6. The van der Waals surface area contributed by atoms with Crippen LogP contribution >= 0.6 is 0 Å². The van der Waals surface area contributed by atoms with Crippen molar-refractivity contribution in [3.63, 3.8) is 0 Å². The summed E-state index contributed by atoms with van der Waals surface area (Å²) in [4.78, 5) is 76.5. The highest BCUT2D eigenvalue weighted by Gasteiger charge is 2.26. The van der Waals surface area contributed by atoms with Gasteiger partial charge < -0.3 is 37.2 Å². The summed E-state index contributed by atoms with van der Waals surface area (Å²) in [5.74, 6) is 3.11. The summed E-state index contributed by atoms with van der Waals surface area (Å²) in [6, 6.07) is 18.9. The SMILES string of the molecule is CCCC[C@H](NC)C(C)=O.CC[C@H](NC)C(C)=O.CNC(C)(C)C(C)=O.CN[C@@H](CCC(C)C)C(C)=O.CN[C@@H](CCC1CCCCC1)C(C)=O.CN[C@@H](Cc1ccc(-c2ccccc2)cc1)C(C)=O.CN[C@H](C(C)=O)C(C)(C)C. The number of hydrogen-bond donors (Lipinski definition) is 7. The summed E-state index contributed by atoms with van der Waals surface area (Å²) in [5.41, 5.74) is 3.27. The molecule has 14 nitrogen and oxygen atoms in total. The number of carbonyl (C=O) groups excluding carboxylic acids is 7. The Morgan fingerprint density at radius 3 is 1.19 bits per heavy atom. The topological polar surface area (TPSA) is 204 Å². The van der Waals surface area contributed by atoms with E-state index in [-0.39, 0.29) is 87.7 Å². The normalized spacial score (nSPS) is 14.3. The Balaban J connectivity index is -0.000000432. The van der Waals surface area contributed by atoms with Crippen LogP contribution < -0.4 is 37.2 Å². The molecule has 0 saturated heterocycles. The fourth-order valence-corrected chi connectivity index (χ4v) is 8.70. The molecule has 462 valence electrons. The van der Waals surface area contributed by atoms with Gasteiger partial charge in [0, 0.05) is 0 Å². The summed E-state index contributed by atoms with van der Waals surface area (Å²) in [6.07, 6.45) is 16.2. The van der Waals surface area contributed by atoms with Crippen molar-refractivity contribution in [3.8, 4) is 11.1 Å². The fraction of sp³-hybridized carbons (Fsp3) is 0.712. The van der Waals surface area contributed by atoms with E-state index >= 15 is 0 Å². The van der Waals surface area contributed by atoms with Gasteiger partial charge in [-0.3, -0.25) is 33.6 Å². The molecule has 80 heavy (non-hydrogen) atoms. The van der Waals surface area contributed by atoms with Crippen LogP contribution in [0.15, 0.2) is 54.6 Å². The molecule has 2 aromatic carbocycles. The van der Waals surface area contributed by atoms with Gasteiger partial charge in [0.15, 0.2) is 0 Å². The van der Waals surface area contributed by atoms with Crippen molar-refractivity contribution < 1.29 is 33.6 Å². The maximum atomic E-state index is 11.4. The van der Waals surface area contributed by atoms with Crippen molar-refractivity contribution in [2.45, 2.75) is 242 Å². The largest absolute Gasteiger partial charge is 0.311 e. The standard InChI is InChI=1S/C17H19NO.C12H23NO.C9H19NO.2C8H17NO.2C6H13NO/c1-13(19)17(18-2)12-14-8-10-16(11-9-14)15-6-4-3-5-7-15;1-10(14)12(13-2)9-8-11-6-4-3-5-7-11;1-7(2)5-6-9(10-4)8(3)11;1-6(10)7(9-5)8(2,3)4;1-4-5-6-8(9-3)7(2)10;1-5(8)6(2,3)7-4;1-4-6(7-3)5(2)8/h3-11,17-18H,12H2,1-2H3;11-13H,3-9H2,1-2H3;7,9-10H,5-6H2,1-4H3;7,9H,1-5H3;8-9H,4-6H2,1-3H3;7H,1-4H3;6-7H,4H2,1-3H3/t17-;12-;9-;7-;8-;;6-/m00010.0/s1. The number of carbonyl (C=O) groups is 7. The van der Waals surface area contributed by atoms with Gasteiger partial charge in [-0.15, -0.1) is 0 Å². The van der Waals surface area contributed by atoms with Crippen molar-refractivity contribution >= 4 is 40.5 Å². The molecule has 0 heterocycles. The van der Waals surface area contributed by atoms with Gasteiger partial charge in [-0.05, 0) is 191 Å². The first kappa shape index (κ1) is 82.3. The number of rotatable bonds is 27. The zero-order valence-corrected chi connectivity index (χ0v) is 55.1. The Morgan fingerprint density at radius 1 is 0.487 bits per heavy atom. The molecule has 1 aliphatic rings. The zero-order chi connectivity index (χ0) is 62.6. The number of benzene rings is 2. The van der Waals surface area contributed by atoms with E-state index in [1.807, 2.05) is 74.2 Å². The molecule has 1 fully saturated rings. The predicted molar refractivity (Wildman–Crippen MR) is 340 cm³/mol. The predicted octanol–water partition coefficient (Wildman–Crippen LogP) is 10.9. The van der Waals surface area contributed by atoms with Crippen LogP contribution in [0.1, 0.15) is 200 Å². The van der Waals surface area contributed by atoms with Crippen LogP contribution in [-0.4, -0.2) is 132 Å². The van der Waals surface area contributed by atoms with Gasteiger partial charge in [0.25, 0.3) is 0 Å². The van der Waals surface area contributed by atoms with Gasteiger partial charge in [-0.25, -0.2) is 0 Å². The summed E-state index contributed by atoms with van der Waals surface area (Å²) in [6.45, 7) is 29.7. The second kappa shape index (κ2) is 48.4. The van der Waals surface area contributed by atoms with E-state index < -0.39 is 0 Å². The highest BCUT2D eigenvalue weighted by molar-refractivity contribution is 5.85. The van der Waals surface area contributed by atoms with Crippen LogP contribution in [0.4, 0.5) is 0 Å². The Labute approximate surface area is 489 Å². The van der Waals surface area contributed by atoms with E-state index in [2.05, 4.69) is 115 Å². The number of ketones is 7. The fourth-order valence-electron chi connectivity index (χ4n) is 8.70. The quantitative estimate of drug-likeness (QED) is 0.0445. The van der Waals surface area contributed by atoms with Crippen LogP contribution in [0, 0.1) is 17.3 Å². The highest BCUT2D eigenvalue weighted by Crippen LogP contribution is 2.28. The third kappa shape index (κ3) is 41.8. The molecule has 7 N–H and O–H groups in total. The summed E-state index contributed by atoms with van der Waals surface area (Å²) < 4.78 is 0. The highest BCUT2D eigenvalue weighted by atomic mass is 16.2. The summed E-state index contributed by atoms with van der Waals surface area (Å²) >= 11 is 0. The van der Waals surface area contributed by atoms with Gasteiger partial charge >= 0.3 is 0 Å². The summed E-state index contributed by atoms with van der Waals surface area (Å²) in [7, 11) is 12.8. The van der Waals surface area contributed by atoms with E-state index in [1.54, 1.807) is 62.6 Å². The van der Waals surface area contributed by atoms with Crippen LogP contribution in [-0.2, 0) is 40.0 Å². The van der Waals surface area contributed by atoms with Gasteiger partial charge in [-0.2, -0.15) is 0 Å². The maximum Gasteiger partial charge on any atom is 0.149 e. The Kier molecular flexibility index (Phi) is 49.8. The average Bonchev–Trinajstić information content (AvgIpc) is 3.40. The minimum absolute atomic E-state index is 0.0208. The Hall–Kier alpha value is -4.15. The third-order valence-electron chi connectivity index (χ3n) is 14.6. The van der Waals surface area contributed by atoms with E-state index in [1.165, 1.54) is 55.2 Å². The Morgan fingerprint density at radius 2 is 0.900 bits per heavy atom. The lowest BCUT2D eigenvalue weighted by Gasteiger charge is -2.27. The number of hydrogen-bond acceptors (Lipinski definition) is 14. The lowest BCUT2D eigenvalue weighted by Crippen LogP contribution is -2.43. The van der Waals surface area contributed by atoms with Gasteiger partial charge in [-0.1, -0.05) is 148 Å². The zero-order valence-electron chi connectivity index (χ0n) is 55.1. The first-order valence-electron chi connectivity index (χ1n) is 29.8. The second-order valence-corrected chi connectivity index (χ2v) is 23.3. The molecule has 1 saturated carbocycles. The molecule has 3 rings (SSSR count). The molecule has 0 bridgehead atoms. The number of Topliss-reactive ketones (excluding diaryl/α,β-unsaturated/α-hetero) is 7. The van der Waals surface area contributed by atoms with Crippen LogP contribution in [0.25, 0.3) is 11.1 Å². The van der Waals surface area contributed by atoms with Crippen LogP contribution in [0.5, 0.6) is 0 Å². The van der Waals surface area contributed by atoms with E-state index in [0.717, 1.165) is 57.3 Å². The minimum atomic E-state index is -0.347. The number of likely N-dealkylation sites (N-methyl/N-ethyl adjacent to an activating group) is 7. The van der Waals surface area contributed by atoms with Crippen molar-refractivity contribution in [1.82, 2.24) is 37.2 Å². The Bertz CT molecular complexity index is 1940. The molecular weight excluding hydrogens is 1000 g/mol. The molecule has 0 amide bonds. The van der Waals surface area contributed by atoms with Gasteiger partial charge in [0.1, 0.15) is 40.5 Å². The van der Waals surface area contributed by atoms with Crippen molar-refractivity contribution in [1.29, 1.82) is 0 Å². The first-order valence-corrected chi connectivity index (χ1v) is 29.8.